The minimum atomic E-state index is -0.368. The summed E-state index contributed by atoms with van der Waals surface area (Å²) in [4.78, 5) is 10.2. The second-order valence-corrected chi connectivity index (χ2v) is 3.58. The molecule has 1 fully saturated rings. The molecule has 4 nitrogen and oxygen atoms in total. The van der Waals surface area contributed by atoms with Gasteiger partial charge in [-0.2, -0.15) is 0 Å². The highest BCUT2D eigenvalue weighted by Gasteiger charge is 2.19. The smallest absolute Gasteiger partial charge is 0.207 e. The van der Waals surface area contributed by atoms with E-state index in [-0.39, 0.29) is 18.2 Å². The molecule has 0 radical (unpaired) electrons. The monoisotopic (exact) mass is 187 g/mol. The van der Waals surface area contributed by atoms with Gasteiger partial charge in [0.2, 0.25) is 6.41 Å². The molecule has 1 amide bonds. The molecule has 1 aliphatic heterocycles. The van der Waals surface area contributed by atoms with Crippen molar-refractivity contribution in [3.05, 3.63) is 0 Å². The number of carbonyl (C=O) groups is 1. The van der Waals surface area contributed by atoms with Gasteiger partial charge in [0.15, 0.2) is 0 Å². The highest BCUT2D eigenvalue weighted by molar-refractivity contribution is 5.46. The predicted octanol–water partition coefficient (Wildman–Crippen LogP) is 0.0509. The molecule has 0 spiro atoms. The summed E-state index contributed by atoms with van der Waals surface area (Å²) in [5, 5.41) is 12.2. The van der Waals surface area contributed by atoms with Crippen LogP contribution in [0.5, 0.6) is 0 Å². The lowest BCUT2D eigenvalue weighted by molar-refractivity contribution is -0.110. The maximum Gasteiger partial charge on any atom is 0.207 e. The van der Waals surface area contributed by atoms with Crippen LogP contribution in [0.15, 0.2) is 0 Å². The number of rotatable bonds is 2. The topological polar surface area (TPSA) is 58.6 Å². The number of ether oxygens (including phenoxy) is 1. The normalized spacial score (nSPS) is 36.0. The summed E-state index contributed by atoms with van der Waals surface area (Å²) in [6.07, 6.45) is 2.49. The first-order chi connectivity index (χ1) is 6.22. The van der Waals surface area contributed by atoms with E-state index < -0.39 is 0 Å². The standard InChI is InChI=1S/C9H17NO3/c1-7-4-9(12)5-8(10-6-11)2-3-13-7/h6-9,12H,2-5H2,1H3,(H,10,11)/t7-,8-,9?/m0/s1. The van der Waals surface area contributed by atoms with Crippen molar-refractivity contribution in [3.63, 3.8) is 0 Å². The largest absolute Gasteiger partial charge is 0.393 e. The molecule has 1 heterocycles. The van der Waals surface area contributed by atoms with Crippen LogP contribution in [0.3, 0.4) is 0 Å². The average molecular weight is 187 g/mol. The number of aliphatic hydroxyl groups is 1. The quantitative estimate of drug-likeness (QED) is 0.601. The number of carbonyl (C=O) groups excluding carboxylic acids is 1. The second kappa shape index (κ2) is 5.19. The van der Waals surface area contributed by atoms with Crippen LogP contribution in [0, 0.1) is 0 Å². The van der Waals surface area contributed by atoms with E-state index in [0.29, 0.717) is 25.9 Å². The van der Waals surface area contributed by atoms with Crippen LogP contribution in [0.1, 0.15) is 26.2 Å². The van der Waals surface area contributed by atoms with Gasteiger partial charge in [0.1, 0.15) is 0 Å². The van der Waals surface area contributed by atoms with Crippen LogP contribution < -0.4 is 5.32 Å². The molecule has 0 aromatic rings. The van der Waals surface area contributed by atoms with Crippen LogP contribution in [-0.4, -0.2) is 36.4 Å². The molecule has 1 saturated heterocycles. The van der Waals surface area contributed by atoms with E-state index in [9.17, 15) is 9.90 Å². The van der Waals surface area contributed by atoms with E-state index in [0.717, 1.165) is 6.42 Å². The zero-order valence-corrected chi connectivity index (χ0v) is 7.90. The number of nitrogens with one attached hydrogen (secondary N) is 1. The van der Waals surface area contributed by atoms with Crippen LogP contribution in [-0.2, 0) is 9.53 Å². The third-order valence-electron chi connectivity index (χ3n) is 2.33. The van der Waals surface area contributed by atoms with Gasteiger partial charge in [-0.25, -0.2) is 0 Å². The summed E-state index contributed by atoms with van der Waals surface area (Å²) in [5.41, 5.74) is 0. The first kappa shape index (κ1) is 10.5. The fraction of sp³-hybridized carbons (Fsp3) is 0.889. The van der Waals surface area contributed by atoms with Gasteiger partial charge >= 0.3 is 0 Å². The SMILES string of the molecule is C[C@H]1CC(O)C[C@@H](NC=O)CCO1. The molecule has 0 bridgehead atoms. The average Bonchev–Trinajstić information content (AvgIpc) is 2.01. The number of hydrogen-bond acceptors (Lipinski definition) is 3. The molecule has 13 heavy (non-hydrogen) atoms. The van der Waals surface area contributed by atoms with E-state index in [1.54, 1.807) is 0 Å². The zero-order chi connectivity index (χ0) is 9.68. The minimum absolute atomic E-state index is 0.0556. The Bertz CT molecular complexity index is 163. The number of amides is 1. The van der Waals surface area contributed by atoms with Crippen LogP contribution >= 0.6 is 0 Å². The van der Waals surface area contributed by atoms with E-state index in [4.69, 9.17) is 4.74 Å². The summed E-state index contributed by atoms with van der Waals surface area (Å²) < 4.78 is 5.41. The van der Waals surface area contributed by atoms with Crippen molar-refractivity contribution >= 4 is 6.41 Å². The van der Waals surface area contributed by atoms with E-state index in [1.807, 2.05) is 6.92 Å². The Balaban J connectivity index is 2.38. The lowest BCUT2D eigenvalue weighted by Gasteiger charge is -2.26. The molecule has 2 N–H and O–H groups in total. The van der Waals surface area contributed by atoms with Gasteiger partial charge in [-0.05, 0) is 26.2 Å². The van der Waals surface area contributed by atoms with Gasteiger partial charge < -0.3 is 15.2 Å². The number of hydrogen-bond donors (Lipinski definition) is 2. The van der Waals surface area contributed by atoms with E-state index in [1.165, 1.54) is 0 Å². The predicted molar refractivity (Wildman–Crippen MR) is 48.3 cm³/mol. The highest BCUT2D eigenvalue weighted by Crippen LogP contribution is 2.14. The molecule has 4 heteroatoms. The van der Waals surface area contributed by atoms with E-state index in [2.05, 4.69) is 5.32 Å². The fourth-order valence-corrected chi connectivity index (χ4v) is 1.65. The molecule has 76 valence electrons. The Morgan fingerprint density at radius 2 is 2.31 bits per heavy atom. The Kier molecular flexibility index (Phi) is 4.18. The Morgan fingerprint density at radius 1 is 1.54 bits per heavy atom. The minimum Gasteiger partial charge on any atom is -0.393 e. The van der Waals surface area contributed by atoms with Gasteiger partial charge in [-0.3, -0.25) is 4.79 Å². The maximum absolute atomic E-state index is 10.2. The van der Waals surface area contributed by atoms with Crippen LogP contribution in [0.4, 0.5) is 0 Å². The molecule has 0 saturated carbocycles. The summed E-state index contributed by atoms with van der Waals surface area (Å²) in [5.74, 6) is 0. The molecule has 0 aliphatic carbocycles. The van der Waals surface area contributed by atoms with Gasteiger partial charge in [-0.1, -0.05) is 0 Å². The number of aliphatic hydroxyl groups excluding tert-OH is 1. The van der Waals surface area contributed by atoms with Crippen LogP contribution in [0.2, 0.25) is 0 Å². The molecule has 1 aliphatic rings. The lowest BCUT2D eigenvalue weighted by atomic mass is 10.0. The Hall–Kier alpha value is -0.610. The molecule has 1 rings (SSSR count). The highest BCUT2D eigenvalue weighted by atomic mass is 16.5. The first-order valence-corrected chi connectivity index (χ1v) is 4.71. The summed E-state index contributed by atoms with van der Waals surface area (Å²) in [7, 11) is 0. The van der Waals surface area contributed by atoms with Crippen LogP contribution in [0.25, 0.3) is 0 Å². The molecule has 0 aromatic heterocycles. The van der Waals surface area contributed by atoms with E-state index >= 15 is 0 Å². The van der Waals surface area contributed by atoms with Gasteiger partial charge in [0.05, 0.1) is 12.2 Å². The van der Waals surface area contributed by atoms with Crippen molar-refractivity contribution in [1.29, 1.82) is 0 Å². The summed E-state index contributed by atoms with van der Waals surface area (Å²) >= 11 is 0. The summed E-state index contributed by atoms with van der Waals surface area (Å²) in [6, 6.07) is 0.0556. The van der Waals surface area contributed by atoms with Crippen molar-refractivity contribution in [3.8, 4) is 0 Å². The van der Waals surface area contributed by atoms with Gasteiger partial charge in [0, 0.05) is 12.6 Å². The van der Waals surface area contributed by atoms with Crippen molar-refractivity contribution < 1.29 is 14.6 Å². The van der Waals surface area contributed by atoms with Gasteiger partial charge in [0.25, 0.3) is 0 Å². The van der Waals surface area contributed by atoms with Crippen molar-refractivity contribution in [1.82, 2.24) is 5.32 Å². The van der Waals surface area contributed by atoms with Crippen molar-refractivity contribution in [2.24, 2.45) is 0 Å². The maximum atomic E-state index is 10.2. The summed E-state index contributed by atoms with van der Waals surface area (Å²) in [6.45, 7) is 2.61. The van der Waals surface area contributed by atoms with Gasteiger partial charge in [-0.15, -0.1) is 0 Å². The second-order valence-electron chi connectivity index (χ2n) is 3.58. The van der Waals surface area contributed by atoms with Crippen molar-refractivity contribution in [2.45, 2.75) is 44.4 Å². The zero-order valence-electron chi connectivity index (χ0n) is 7.90. The third kappa shape index (κ3) is 3.74. The van der Waals surface area contributed by atoms with Crippen molar-refractivity contribution in [2.75, 3.05) is 6.61 Å². The molecule has 3 atom stereocenters. The Labute approximate surface area is 78.3 Å². The fourth-order valence-electron chi connectivity index (χ4n) is 1.65. The lowest BCUT2D eigenvalue weighted by Crippen LogP contribution is -2.36. The molecule has 0 aromatic carbocycles. The Morgan fingerprint density at radius 3 is 3.00 bits per heavy atom. The molecular formula is C9H17NO3. The molecule has 1 unspecified atom stereocenters. The third-order valence-corrected chi connectivity index (χ3v) is 2.33. The molecular weight excluding hydrogens is 170 g/mol. The first-order valence-electron chi connectivity index (χ1n) is 4.71.